The average Bonchev–Trinajstić information content (AvgIpc) is 1.81. The third kappa shape index (κ3) is 1.07. The zero-order chi connectivity index (χ0) is 6.91. The maximum Gasteiger partial charge on any atom is 0.130 e. The summed E-state index contributed by atoms with van der Waals surface area (Å²) in [5.74, 6) is 2.32. The Balaban J connectivity index is 2.35. The number of aliphatic hydroxyl groups is 1. The molecule has 0 bridgehead atoms. The molecule has 9 heavy (non-hydrogen) atoms. The Kier molecular flexibility index (Phi) is 1.48. The molecule has 2 heteroatoms. The molecular weight excluding hydrogens is 116 g/mol. The standard InChI is InChI=1S/C7H10O2/c1-3-7(8)4-6(5-7)9-2/h1,6,8H,4-5H2,2H3. The Hall–Kier alpha value is -0.520. The van der Waals surface area contributed by atoms with E-state index in [1.165, 1.54) is 0 Å². The van der Waals surface area contributed by atoms with Crippen LogP contribution >= 0.6 is 0 Å². The summed E-state index contributed by atoms with van der Waals surface area (Å²) in [5.41, 5.74) is -0.860. The van der Waals surface area contributed by atoms with Crippen molar-refractivity contribution in [3.05, 3.63) is 0 Å². The van der Waals surface area contributed by atoms with Gasteiger partial charge >= 0.3 is 0 Å². The summed E-state index contributed by atoms with van der Waals surface area (Å²) in [6, 6.07) is 0. The fourth-order valence-electron chi connectivity index (χ4n) is 0.978. The van der Waals surface area contributed by atoms with Gasteiger partial charge < -0.3 is 9.84 Å². The van der Waals surface area contributed by atoms with E-state index in [2.05, 4.69) is 5.92 Å². The first-order valence-corrected chi connectivity index (χ1v) is 2.93. The second kappa shape index (κ2) is 2.02. The summed E-state index contributed by atoms with van der Waals surface area (Å²) in [6.07, 6.45) is 6.37. The van der Waals surface area contributed by atoms with Crippen LogP contribution in [-0.2, 0) is 4.74 Å². The van der Waals surface area contributed by atoms with E-state index in [9.17, 15) is 5.11 Å². The molecule has 0 aromatic rings. The number of rotatable bonds is 1. The highest BCUT2D eigenvalue weighted by Gasteiger charge is 2.41. The maximum absolute atomic E-state index is 9.20. The second-order valence-electron chi connectivity index (χ2n) is 2.44. The van der Waals surface area contributed by atoms with E-state index in [1.54, 1.807) is 7.11 Å². The lowest BCUT2D eigenvalue weighted by molar-refractivity contribution is -0.0910. The number of ether oxygens (including phenoxy) is 1. The lowest BCUT2D eigenvalue weighted by Crippen LogP contribution is -2.46. The summed E-state index contributed by atoms with van der Waals surface area (Å²) in [4.78, 5) is 0. The molecule has 0 atom stereocenters. The molecule has 1 rings (SSSR count). The summed E-state index contributed by atoms with van der Waals surface area (Å²) >= 11 is 0. The van der Waals surface area contributed by atoms with Crippen LogP contribution in [0, 0.1) is 12.3 Å². The van der Waals surface area contributed by atoms with E-state index >= 15 is 0 Å². The predicted octanol–water partition coefficient (Wildman–Crippen LogP) is 0.159. The van der Waals surface area contributed by atoms with Crippen molar-refractivity contribution in [1.29, 1.82) is 0 Å². The van der Waals surface area contributed by atoms with E-state index in [-0.39, 0.29) is 6.10 Å². The normalized spacial score (nSPS) is 41.2. The lowest BCUT2D eigenvalue weighted by Gasteiger charge is -2.38. The van der Waals surface area contributed by atoms with Gasteiger partial charge in [0.25, 0.3) is 0 Å². The van der Waals surface area contributed by atoms with Crippen molar-refractivity contribution in [2.75, 3.05) is 7.11 Å². The van der Waals surface area contributed by atoms with Crippen LogP contribution in [0.15, 0.2) is 0 Å². The molecule has 0 aromatic carbocycles. The molecule has 0 saturated heterocycles. The minimum atomic E-state index is -0.860. The minimum Gasteiger partial charge on any atom is -0.381 e. The molecule has 0 heterocycles. The van der Waals surface area contributed by atoms with E-state index in [4.69, 9.17) is 11.2 Å². The van der Waals surface area contributed by atoms with Gasteiger partial charge in [-0.25, -0.2) is 0 Å². The third-order valence-corrected chi connectivity index (χ3v) is 1.73. The van der Waals surface area contributed by atoms with Crippen molar-refractivity contribution in [1.82, 2.24) is 0 Å². The lowest BCUT2D eigenvalue weighted by atomic mass is 9.78. The summed E-state index contributed by atoms with van der Waals surface area (Å²) in [5, 5.41) is 9.20. The monoisotopic (exact) mass is 126 g/mol. The Labute approximate surface area is 54.8 Å². The van der Waals surface area contributed by atoms with Crippen molar-refractivity contribution in [2.45, 2.75) is 24.5 Å². The molecular formula is C7H10O2. The van der Waals surface area contributed by atoms with Gasteiger partial charge in [0.05, 0.1) is 6.10 Å². The zero-order valence-electron chi connectivity index (χ0n) is 5.42. The number of hydrogen-bond donors (Lipinski definition) is 1. The van der Waals surface area contributed by atoms with Gasteiger partial charge in [0.15, 0.2) is 0 Å². The van der Waals surface area contributed by atoms with Gasteiger partial charge in [-0.3, -0.25) is 0 Å². The van der Waals surface area contributed by atoms with Gasteiger partial charge in [-0.15, -0.1) is 6.42 Å². The molecule has 0 radical (unpaired) electrons. The first kappa shape index (κ1) is 6.60. The summed E-state index contributed by atoms with van der Waals surface area (Å²) < 4.78 is 4.93. The molecule has 0 aromatic heterocycles. The second-order valence-corrected chi connectivity index (χ2v) is 2.44. The molecule has 1 aliphatic carbocycles. The van der Waals surface area contributed by atoms with E-state index < -0.39 is 5.60 Å². The number of hydrogen-bond acceptors (Lipinski definition) is 2. The quantitative estimate of drug-likeness (QED) is 0.507. The van der Waals surface area contributed by atoms with Crippen LogP contribution in [0.1, 0.15) is 12.8 Å². The fourth-order valence-corrected chi connectivity index (χ4v) is 0.978. The Morgan fingerprint density at radius 1 is 1.78 bits per heavy atom. The smallest absolute Gasteiger partial charge is 0.130 e. The molecule has 1 saturated carbocycles. The van der Waals surface area contributed by atoms with E-state index in [0.717, 1.165) is 0 Å². The molecule has 0 aliphatic heterocycles. The molecule has 1 fully saturated rings. The van der Waals surface area contributed by atoms with Crippen molar-refractivity contribution < 1.29 is 9.84 Å². The van der Waals surface area contributed by atoms with Gasteiger partial charge in [-0.1, -0.05) is 5.92 Å². The highest BCUT2D eigenvalue weighted by Crippen LogP contribution is 2.32. The Morgan fingerprint density at radius 2 is 2.33 bits per heavy atom. The SMILES string of the molecule is C#CC1(O)CC(OC)C1. The highest BCUT2D eigenvalue weighted by molar-refractivity contribution is 5.15. The van der Waals surface area contributed by atoms with Crippen LogP contribution in [0.2, 0.25) is 0 Å². The summed E-state index contributed by atoms with van der Waals surface area (Å²) in [6.45, 7) is 0. The fraction of sp³-hybridized carbons (Fsp3) is 0.714. The largest absolute Gasteiger partial charge is 0.381 e. The summed E-state index contributed by atoms with van der Waals surface area (Å²) in [7, 11) is 1.63. The molecule has 2 nitrogen and oxygen atoms in total. The van der Waals surface area contributed by atoms with Crippen LogP contribution in [0.3, 0.4) is 0 Å². The van der Waals surface area contributed by atoms with Crippen molar-refractivity contribution >= 4 is 0 Å². The van der Waals surface area contributed by atoms with Crippen LogP contribution in [-0.4, -0.2) is 23.9 Å². The van der Waals surface area contributed by atoms with Crippen LogP contribution < -0.4 is 0 Å². The van der Waals surface area contributed by atoms with Gasteiger partial charge in [0.1, 0.15) is 5.60 Å². The molecule has 0 unspecified atom stereocenters. The van der Waals surface area contributed by atoms with Gasteiger partial charge in [-0.2, -0.15) is 0 Å². The molecule has 0 spiro atoms. The average molecular weight is 126 g/mol. The molecule has 1 N–H and O–H groups in total. The van der Waals surface area contributed by atoms with Crippen molar-refractivity contribution in [2.24, 2.45) is 0 Å². The maximum atomic E-state index is 9.20. The topological polar surface area (TPSA) is 29.5 Å². The molecule has 1 aliphatic rings. The Bertz CT molecular complexity index is 139. The Morgan fingerprint density at radius 3 is 2.67 bits per heavy atom. The highest BCUT2D eigenvalue weighted by atomic mass is 16.5. The van der Waals surface area contributed by atoms with Crippen LogP contribution in [0.25, 0.3) is 0 Å². The first-order valence-electron chi connectivity index (χ1n) is 2.93. The molecule has 0 amide bonds. The van der Waals surface area contributed by atoms with Crippen molar-refractivity contribution in [3.63, 3.8) is 0 Å². The zero-order valence-corrected chi connectivity index (χ0v) is 5.42. The minimum absolute atomic E-state index is 0.172. The van der Waals surface area contributed by atoms with Gasteiger partial charge in [0.2, 0.25) is 0 Å². The van der Waals surface area contributed by atoms with E-state index in [0.29, 0.717) is 12.8 Å². The predicted molar refractivity (Wildman–Crippen MR) is 33.8 cm³/mol. The first-order chi connectivity index (χ1) is 4.20. The number of methoxy groups -OCH3 is 1. The molecule has 50 valence electrons. The number of terminal acetylenes is 1. The van der Waals surface area contributed by atoms with E-state index in [1.807, 2.05) is 0 Å². The van der Waals surface area contributed by atoms with Crippen LogP contribution in [0.4, 0.5) is 0 Å². The van der Waals surface area contributed by atoms with Crippen LogP contribution in [0.5, 0.6) is 0 Å². The third-order valence-electron chi connectivity index (χ3n) is 1.73. The van der Waals surface area contributed by atoms with Crippen molar-refractivity contribution in [3.8, 4) is 12.3 Å². The van der Waals surface area contributed by atoms with Gasteiger partial charge in [-0.05, 0) is 0 Å². The van der Waals surface area contributed by atoms with Gasteiger partial charge in [0, 0.05) is 20.0 Å².